The van der Waals surface area contributed by atoms with Gasteiger partial charge in [0.1, 0.15) is 0 Å². The average Bonchev–Trinajstić information content (AvgIpc) is 2.60. The summed E-state index contributed by atoms with van der Waals surface area (Å²) in [6.07, 6.45) is 5.34. The summed E-state index contributed by atoms with van der Waals surface area (Å²) in [7, 11) is 2.17. The fourth-order valence-corrected chi connectivity index (χ4v) is 2.20. The van der Waals surface area contributed by atoms with Gasteiger partial charge in [-0.3, -0.25) is 0 Å². The summed E-state index contributed by atoms with van der Waals surface area (Å²) in [6, 6.07) is 20.6. The first-order chi connectivity index (χ1) is 10.8. The van der Waals surface area contributed by atoms with Crippen LogP contribution in [0.1, 0.15) is 38.2 Å². The van der Waals surface area contributed by atoms with Gasteiger partial charge in [-0.05, 0) is 24.1 Å². The van der Waals surface area contributed by atoms with Crippen LogP contribution in [0.25, 0.3) is 0 Å². The van der Waals surface area contributed by atoms with Crippen LogP contribution in [0.15, 0.2) is 60.7 Å². The van der Waals surface area contributed by atoms with E-state index in [1.807, 2.05) is 30.3 Å². The van der Waals surface area contributed by atoms with Crippen LogP contribution in [0.3, 0.4) is 0 Å². The Hall–Kier alpha value is -1.80. The van der Waals surface area contributed by atoms with Crippen molar-refractivity contribution in [1.82, 2.24) is 0 Å². The summed E-state index contributed by atoms with van der Waals surface area (Å²) < 4.78 is 0. The molecule has 0 aliphatic heterocycles. The monoisotopic (exact) mass is 298 g/mol. The predicted octanol–water partition coefficient (Wildman–Crippen LogP) is 4.85. The maximum absolute atomic E-state index is 5.35. The fourth-order valence-electron chi connectivity index (χ4n) is 2.20. The molecule has 0 bridgehead atoms. The van der Waals surface area contributed by atoms with Crippen molar-refractivity contribution in [2.75, 3.05) is 18.5 Å². The number of unbranched alkanes of at least 4 members (excludes halogenated alkanes) is 3. The zero-order valence-corrected chi connectivity index (χ0v) is 14.0. The third-order valence-corrected chi connectivity index (χ3v) is 3.62. The highest BCUT2D eigenvalue weighted by Gasteiger charge is 1.98. The molecule has 22 heavy (non-hydrogen) atoms. The minimum absolute atomic E-state index is 0.640. The quantitative estimate of drug-likeness (QED) is 0.740. The van der Waals surface area contributed by atoms with Crippen LogP contribution < -0.4 is 10.6 Å². The highest BCUT2D eigenvalue weighted by Crippen LogP contribution is 2.12. The Morgan fingerprint density at radius 1 is 0.818 bits per heavy atom. The second-order valence-electron chi connectivity index (χ2n) is 5.51. The summed E-state index contributed by atoms with van der Waals surface area (Å²) in [6.45, 7) is 4.06. The molecular weight excluding hydrogens is 268 g/mol. The lowest BCUT2D eigenvalue weighted by molar-refractivity contribution is 0.661. The molecule has 0 saturated carbocycles. The summed E-state index contributed by atoms with van der Waals surface area (Å²) in [5.41, 5.74) is 7.86. The van der Waals surface area contributed by atoms with Crippen molar-refractivity contribution in [2.45, 2.75) is 39.2 Å². The Labute approximate surface area is 136 Å². The van der Waals surface area contributed by atoms with Crippen molar-refractivity contribution in [1.29, 1.82) is 0 Å². The van der Waals surface area contributed by atoms with Gasteiger partial charge >= 0.3 is 0 Å². The molecule has 0 aliphatic rings. The summed E-state index contributed by atoms with van der Waals surface area (Å²) in [5, 5.41) is 0. The minimum atomic E-state index is 0.640. The first kappa shape index (κ1) is 18.2. The van der Waals surface area contributed by atoms with Crippen molar-refractivity contribution in [3.05, 3.63) is 66.2 Å². The van der Waals surface area contributed by atoms with Gasteiger partial charge in [0.25, 0.3) is 0 Å². The van der Waals surface area contributed by atoms with Gasteiger partial charge in [-0.2, -0.15) is 0 Å². The van der Waals surface area contributed by atoms with Crippen molar-refractivity contribution >= 4 is 5.69 Å². The molecule has 120 valence electrons. The van der Waals surface area contributed by atoms with E-state index in [1.165, 1.54) is 43.5 Å². The molecule has 2 rings (SSSR count). The normalized spacial score (nSPS) is 9.77. The SMILES string of the molecule is CCCCCCN(C)c1ccccc1.NCc1ccccc1. The molecule has 0 amide bonds. The molecule has 0 atom stereocenters. The molecule has 0 saturated heterocycles. The van der Waals surface area contributed by atoms with E-state index in [4.69, 9.17) is 5.73 Å². The van der Waals surface area contributed by atoms with Crippen LogP contribution in [0, 0.1) is 0 Å². The first-order valence-electron chi connectivity index (χ1n) is 8.28. The van der Waals surface area contributed by atoms with E-state index in [0.29, 0.717) is 6.54 Å². The molecule has 0 fully saturated rings. The van der Waals surface area contributed by atoms with E-state index < -0.39 is 0 Å². The van der Waals surface area contributed by atoms with Crippen molar-refractivity contribution in [2.24, 2.45) is 5.73 Å². The van der Waals surface area contributed by atoms with Crippen molar-refractivity contribution in [3.63, 3.8) is 0 Å². The number of nitrogens with two attached hydrogens (primary N) is 1. The number of benzene rings is 2. The molecular formula is C20H30N2. The Balaban J connectivity index is 0.000000255. The van der Waals surface area contributed by atoms with Gasteiger partial charge in [0.15, 0.2) is 0 Å². The average molecular weight is 298 g/mol. The highest BCUT2D eigenvalue weighted by atomic mass is 15.1. The molecule has 2 N–H and O–H groups in total. The third-order valence-electron chi connectivity index (χ3n) is 3.62. The second-order valence-corrected chi connectivity index (χ2v) is 5.51. The number of nitrogens with zero attached hydrogens (tertiary/aromatic N) is 1. The fraction of sp³-hybridized carbons (Fsp3) is 0.400. The largest absolute Gasteiger partial charge is 0.375 e. The number of hydrogen-bond donors (Lipinski definition) is 1. The molecule has 2 aromatic rings. The first-order valence-corrected chi connectivity index (χ1v) is 8.28. The van der Waals surface area contributed by atoms with E-state index in [-0.39, 0.29) is 0 Å². The van der Waals surface area contributed by atoms with Gasteiger partial charge in [-0.25, -0.2) is 0 Å². The van der Waals surface area contributed by atoms with Crippen LogP contribution in [0.2, 0.25) is 0 Å². The molecule has 0 heterocycles. The Bertz CT molecular complexity index is 468. The lowest BCUT2D eigenvalue weighted by atomic mass is 10.2. The molecule has 0 spiro atoms. The zero-order chi connectivity index (χ0) is 16.0. The van der Waals surface area contributed by atoms with Crippen molar-refractivity contribution < 1.29 is 0 Å². The Morgan fingerprint density at radius 3 is 1.91 bits per heavy atom. The summed E-state index contributed by atoms with van der Waals surface area (Å²) in [4.78, 5) is 2.33. The topological polar surface area (TPSA) is 29.3 Å². The van der Waals surface area contributed by atoms with Gasteiger partial charge in [0, 0.05) is 25.8 Å². The maximum Gasteiger partial charge on any atom is 0.0363 e. The van der Waals surface area contributed by atoms with Crippen LogP contribution in [-0.2, 0) is 6.54 Å². The van der Waals surface area contributed by atoms with Crippen LogP contribution in [0.4, 0.5) is 5.69 Å². The van der Waals surface area contributed by atoms with Gasteiger partial charge in [-0.1, -0.05) is 74.7 Å². The Morgan fingerprint density at radius 2 is 1.41 bits per heavy atom. The van der Waals surface area contributed by atoms with Gasteiger partial charge in [0.2, 0.25) is 0 Å². The standard InChI is InChI=1S/C13H21N.C7H9N/c1-3-4-5-9-12-14(2)13-10-7-6-8-11-13;8-6-7-4-2-1-3-5-7/h6-8,10-11H,3-5,9,12H2,1-2H3;1-5H,6,8H2. The van der Waals surface area contributed by atoms with E-state index in [1.54, 1.807) is 0 Å². The number of rotatable bonds is 7. The summed E-state index contributed by atoms with van der Waals surface area (Å²) >= 11 is 0. The van der Waals surface area contributed by atoms with Crippen LogP contribution >= 0.6 is 0 Å². The van der Waals surface area contributed by atoms with Gasteiger partial charge in [-0.15, -0.1) is 0 Å². The molecule has 2 nitrogen and oxygen atoms in total. The zero-order valence-electron chi connectivity index (χ0n) is 14.0. The molecule has 0 radical (unpaired) electrons. The number of hydrogen-bond acceptors (Lipinski definition) is 2. The van der Waals surface area contributed by atoms with Crippen LogP contribution in [-0.4, -0.2) is 13.6 Å². The lowest BCUT2D eigenvalue weighted by Gasteiger charge is -2.18. The Kier molecular flexibility index (Phi) is 9.80. The molecule has 0 aromatic heterocycles. The van der Waals surface area contributed by atoms with Crippen LogP contribution in [0.5, 0.6) is 0 Å². The van der Waals surface area contributed by atoms with E-state index in [9.17, 15) is 0 Å². The van der Waals surface area contributed by atoms with Crippen molar-refractivity contribution in [3.8, 4) is 0 Å². The molecule has 2 aromatic carbocycles. The maximum atomic E-state index is 5.35. The second kappa shape index (κ2) is 11.8. The molecule has 0 unspecified atom stereocenters. The van der Waals surface area contributed by atoms with E-state index >= 15 is 0 Å². The smallest absolute Gasteiger partial charge is 0.0363 e. The predicted molar refractivity (Wildman–Crippen MR) is 98.2 cm³/mol. The molecule has 0 aliphatic carbocycles. The number of para-hydroxylation sites is 1. The molecule has 2 heteroatoms. The van der Waals surface area contributed by atoms with Gasteiger partial charge in [0.05, 0.1) is 0 Å². The number of anilines is 1. The van der Waals surface area contributed by atoms with E-state index in [0.717, 1.165) is 0 Å². The highest BCUT2D eigenvalue weighted by molar-refractivity contribution is 5.44. The third kappa shape index (κ3) is 7.84. The lowest BCUT2D eigenvalue weighted by Crippen LogP contribution is -2.18. The van der Waals surface area contributed by atoms with E-state index in [2.05, 4.69) is 49.2 Å². The summed E-state index contributed by atoms with van der Waals surface area (Å²) in [5.74, 6) is 0. The van der Waals surface area contributed by atoms with Gasteiger partial charge < -0.3 is 10.6 Å². The minimum Gasteiger partial charge on any atom is -0.375 e.